The van der Waals surface area contributed by atoms with Crippen LogP contribution >= 0.6 is 0 Å². The summed E-state index contributed by atoms with van der Waals surface area (Å²) in [6.45, 7) is 2.88. The smallest absolute Gasteiger partial charge is 0.233 e. The predicted octanol–water partition coefficient (Wildman–Crippen LogP) is 0.946. The summed E-state index contributed by atoms with van der Waals surface area (Å²) in [6, 6.07) is 7.15. The molecule has 0 heterocycles. The Morgan fingerprint density at radius 1 is 1.32 bits per heavy atom. The number of ether oxygens (including phenoxy) is 1. The van der Waals surface area contributed by atoms with Crippen LogP contribution < -0.4 is 10.1 Å². The van der Waals surface area contributed by atoms with E-state index < -0.39 is 0 Å². The van der Waals surface area contributed by atoms with Crippen LogP contribution in [0.2, 0.25) is 0 Å². The molecule has 0 radical (unpaired) electrons. The van der Waals surface area contributed by atoms with Gasteiger partial charge in [-0.1, -0.05) is 12.1 Å². The highest BCUT2D eigenvalue weighted by atomic mass is 16.5. The third-order valence-electron chi connectivity index (χ3n) is 2.69. The number of rotatable bonds is 7. The summed E-state index contributed by atoms with van der Waals surface area (Å²) >= 11 is 0. The molecule has 0 bridgehead atoms. The van der Waals surface area contributed by atoms with Crippen LogP contribution in [0, 0.1) is 0 Å². The van der Waals surface area contributed by atoms with Gasteiger partial charge in [0.2, 0.25) is 5.91 Å². The number of amides is 1. The van der Waals surface area contributed by atoms with Gasteiger partial charge in [-0.15, -0.1) is 0 Å². The third-order valence-corrected chi connectivity index (χ3v) is 2.69. The Kier molecular flexibility index (Phi) is 6.02. The van der Waals surface area contributed by atoms with Gasteiger partial charge in [0.1, 0.15) is 12.4 Å². The van der Waals surface area contributed by atoms with E-state index in [9.17, 15) is 9.59 Å². The maximum atomic E-state index is 11.4. The van der Waals surface area contributed by atoms with Crippen LogP contribution in [0.15, 0.2) is 24.3 Å². The Labute approximate surface area is 113 Å². The molecule has 1 aromatic carbocycles. The van der Waals surface area contributed by atoms with Crippen molar-refractivity contribution in [2.75, 3.05) is 33.8 Å². The Balaban J connectivity index is 2.45. The van der Waals surface area contributed by atoms with Crippen molar-refractivity contribution < 1.29 is 14.3 Å². The molecule has 0 spiro atoms. The molecule has 0 aliphatic heterocycles. The maximum absolute atomic E-state index is 11.4. The molecule has 0 fully saturated rings. The van der Waals surface area contributed by atoms with Crippen molar-refractivity contribution in [1.29, 1.82) is 0 Å². The van der Waals surface area contributed by atoms with E-state index in [1.807, 2.05) is 18.0 Å². The average molecular weight is 264 g/mol. The Hall–Kier alpha value is -1.88. The number of nitrogens with zero attached hydrogens (tertiary/aromatic N) is 1. The number of carbonyl (C=O) groups is 2. The van der Waals surface area contributed by atoms with Crippen molar-refractivity contribution in [3.8, 4) is 5.75 Å². The molecule has 1 amide bonds. The summed E-state index contributed by atoms with van der Waals surface area (Å²) in [4.78, 5) is 24.4. The lowest BCUT2D eigenvalue weighted by Gasteiger charge is -2.16. The molecule has 19 heavy (non-hydrogen) atoms. The minimum absolute atomic E-state index is 0.0192. The van der Waals surface area contributed by atoms with Crippen LogP contribution in [0.25, 0.3) is 0 Å². The fourth-order valence-electron chi connectivity index (χ4n) is 1.60. The first-order valence-corrected chi connectivity index (χ1v) is 6.16. The minimum Gasteiger partial charge on any atom is -0.491 e. The number of hydrogen-bond donors (Lipinski definition) is 1. The lowest BCUT2D eigenvalue weighted by atomic mass is 10.1. The zero-order chi connectivity index (χ0) is 14.3. The van der Waals surface area contributed by atoms with E-state index in [4.69, 9.17) is 4.74 Å². The molecule has 1 rings (SSSR count). The van der Waals surface area contributed by atoms with Gasteiger partial charge in [-0.3, -0.25) is 14.5 Å². The van der Waals surface area contributed by atoms with Gasteiger partial charge in [-0.25, -0.2) is 0 Å². The first-order valence-electron chi connectivity index (χ1n) is 6.16. The zero-order valence-corrected chi connectivity index (χ0v) is 11.6. The molecule has 5 heteroatoms. The summed E-state index contributed by atoms with van der Waals surface area (Å²) < 4.78 is 5.59. The first-order chi connectivity index (χ1) is 9.04. The van der Waals surface area contributed by atoms with Gasteiger partial charge in [0.15, 0.2) is 5.78 Å². The Morgan fingerprint density at radius 3 is 2.63 bits per heavy atom. The molecule has 0 saturated heterocycles. The number of Topliss-reactive ketones (excluding diaryl/α,β-unsaturated/α-hetero) is 1. The Bertz CT molecular complexity index is 446. The van der Waals surface area contributed by atoms with Crippen molar-refractivity contribution in [3.05, 3.63) is 29.8 Å². The number of nitrogens with one attached hydrogen (secondary N) is 1. The van der Waals surface area contributed by atoms with Crippen molar-refractivity contribution >= 4 is 11.7 Å². The van der Waals surface area contributed by atoms with Crippen molar-refractivity contribution in [1.82, 2.24) is 10.2 Å². The van der Waals surface area contributed by atoms with Gasteiger partial charge < -0.3 is 10.1 Å². The highest BCUT2D eigenvalue weighted by Gasteiger charge is 2.08. The maximum Gasteiger partial charge on any atom is 0.233 e. The van der Waals surface area contributed by atoms with E-state index in [0.29, 0.717) is 31.0 Å². The van der Waals surface area contributed by atoms with Crippen molar-refractivity contribution in [2.45, 2.75) is 6.92 Å². The number of benzene rings is 1. The van der Waals surface area contributed by atoms with Gasteiger partial charge in [0.05, 0.1) is 12.1 Å². The highest BCUT2D eigenvalue weighted by Crippen LogP contribution is 2.18. The standard InChI is InChI=1S/C14H20N2O3/c1-11(17)12-6-4-5-7-13(12)19-9-8-16(3)10-14(18)15-2/h4-7H,8-10H2,1-3H3,(H,15,18). The van der Waals surface area contributed by atoms with E-state index >= 15 is 0 Å². The topological polar surface area (TPSA) is 58.6 Å². The molecule has 0 aliphatic carbocycles. The summed E-state index contributed by atoms with van der Waals surface area (Å²) in [5, 5.41) is 2.56. The van der Waals surface area contributed by atoms with Gasteiger partial charge in [0, 0.05) is 13.6 Å². The van der Waals surface area contributed by atoms with E-state index in [0.717, 1.165) is 0 Å². The fourth-order valence-corrected chi connectivity index (χ4v) is 1.60. The van der Waals surface area contributed by atoms with Crippen LogP contribution in [0.3, 0.4) is 0 Å². The lowest BCUT2D eigenvalue weighted by Crippen LogP contribution is -2.35. The van der Waals surface area contributed by atoms with Crippen LogP contribution in [-0.4, -0.2) is 50.4 Å². The molecular weight excluding hydrogens is 244 g/mol. The van der Waals surface area contributed by atoms with E-state index in [-0.39, 0.29) is 11.7 Å². The molecule has 0 unspecified atom stereocenters. The molecule has 104 valence electrons. The minimum atomic E-state index is -0.0355. The molecular formula is C14H20N2O3. The Morgan fingerprint density at radius 2 is 2.00 bits per heavy atom. The monoisotopic (exact) mass is 264 g/mol. The van der Waals surface area contributed by atoms with Gasteiger partial charge in [-0.2, -0.15) is 0 Å². The molecule has 5 nitrogen and oxygen atoms in total. The lowest BCUT2D eigenvalue weighted by molar-refractivity contribution is -0.121. The predicted molar refractivity (Wildman–Crippen MR) is 73.5 cm³/mol. The van der Waals surface area contributed by atoms with Gasteiger partial charge in [-0.05, 0) is 26.1 Å². The van der Waals surface area contributed by atoms with Crippen molar-refractivity contribution in [3.63, 3.8) is 0 Å². The fraction of sp³-hybridized carbons (Fsp3) is 0.429. The van der Waals surface area contributed by atoms with Crippen molar-refractivity contribution in [2.24, 2.45) is 0 Å². The van der Waals surface area contributed by atoms with Crippen LogP contribution in [0.5, 0.6) is 5.75 Å². The summed E-state index contributed by atoms with van der Waals surface area (Å²) in [7, 11) is 3.45. The second kappa shape index (κ2) is 7.53. The molecule has 0 aliphatic rings. The highest BCUT2D eigenvalue weighted by molar-refractivity contribution is 5.96. The van der Waals surface area contributed by atoms with Crippen LogP contribution in [0.4, 0.5) is 0 Å². The van der Waals surface area contributed by atoms with Gasteiger partial charge >= 0.3 is 0 Å². The largest absolute Gasteiger partial charge is 0.491 e. The van der Waals surface area contributed by atoms with E-state index in [1.54, 1.807) is 25.2 Å². The summed E-state index contributed by atoms with van der Waals surface area (Å²) in [5.74, 6) is 0.532. The number of hydrogen-bond acceptors (Lipinski definition) is 4. The number of carbonyl (C=O) groups excluding carboxylic acids is 2. The summed E-state index contributed by atoms with van der Waals surface area (Å²) in [6.07, 6.45) is 0. The quantitative estimate of drug-likeness (QED) is 0.745. The SMILES string of the molecule is CNC(=O)CN(C)CCOc1ccccc1C(C)=O. The number of likely N-dealkylation sites (N-methyl/N-ethyl adjacent to an activating group) is 2. The summed E-state index contributed by atoms with van der Waals surface area (Å²) in [5.41, 5.74) is 0.580. The van der Waals surface area contributed by atoms with E-state index in [1.165, 1.54) is 6.92 Å². The number of ketones is 1. The van der Waals surface area contributed by atoms with Crippen LogP contribution in [-0.2, 0) is 4.79 Å². The average Bonchev–Trinajstić information content (AvgIpc) is 2.38. The second-order valence-corrected chi connectivity index (χ2v) is 4.31. The normalized spacial score (nSPS) is 10.3. The zero-order valence-electron chi connectivity index (χ0n) is 11.6. The van der Waals surface area contributed by atoms with E-state index in [2.05, 4.69) is 5.32 Å². The third kappa shape index (κ3) is 5.09. The molecule has 1 aromatic rings. The second-order valence-electron chi connectivity index (χ2n) is 4.31. The molecule has 0 atom stereocenters. The molecule has 0 saturated carbocycles. The molecule has 0 aromatic heterocycles. The first kappa shape index (κ1) is 15.2. The number of para-hydroxylation sites is 1. The van der Waals surface area contributed by atoms with Crippen LogP contribution in [0.1, 0.15) is 17.3 Å². The molecule has 1 N–H and O–H groups in total. The van der Waals surface area contributed by atoms with Gasteiger partial charge in [0.25, 0.3) is 0 Å².